The van der Waals surface area contributed by atoms with E-state index >= 15 is 8.78 Å². The molecule has 236 valence electrons. The van der Waals surface area contributed by atoms with Gasteiger partial charge in [0.2, 0.25) is 0 Å². The number of hydrogen-bond donors (Lipinski definition) is 3. The monoisotopic (exact) mass is 617 g/mol. The molecular formula is C36H37F2NO6. The Hall–Kier alpha value is -3.42. The lowest BCUT2D eigenvalue weighted by molar-refractivity contribution is -0.235. The van der Waals surface area contributed by atoms with E-state index in [-0.39, 0.29) is 24.8 Å². The molecule has 5 aliphatic rings. The van der Waals surface area contributed by atoms with E-state index in [1.165, 1.54) is 19.1 Å². The van der Waals surface area contributed by atoms with E-state index in [4.69, 9.17) is 9.47 Å². The van der Waals surface area contributed by atoms with Crippen LogP contribution in [0.5, 0.6) is 0 Å². The summed E-state index contributed by atoms with van der Waals surface area (Å²) in [6.45, 7) is 2.49. The van der Waals surface area contributed by atoms with Gasteiger partial charge < -0.3 is 25.0 Å². The first-order valence-corrected chi connectivity index (χ1v) is 15.5. The first kappa shape index (κ1) is 30.2. The number of ether oxygens (including phenoxy) is 2. The average Bonchev–Trinajstić information content (AvgIpc) is 3.53. The third-order valence-electron chi connectivity index (χ3n) is 11.7. The van der Waals surface area contributed by atoms with Crippen LogP contribution in [0.3, 0.4) is 0 Å². The molecule has 0 radical (unpaired) electrons. The number of allylic oxidation sites excluding steroid dienone is 4. The molecule has 0 unspecified atom stereocenters. The maximum Gasteiger partial charge on any atom is 0.193 e. The smallest absolute Gasteiger partial charge is 0.193 e. The Morgan fingerprint density at radius 1 is 1.11 bits per heavy atom. The zero-order valence-electron chi connectivity index (χ0n) is 25.5. The predicted octanol–water partition coefficient (Wildman–Crippen LogP) is 4.56. The summed E-state index contributed by atoms with van der Waals surface area (Å²) < 4.78 is 46.3. The van der Waals surface area contributed by atoms with Crippen molar-refractivity contribution in [3.8, 4) is 0 Å². The Balaban J connectivity index is 1.19. The second-order valence-electron chi connectivity index (χ2n) is 13.7. The Labute approximate surface area is 261 Å². The number of alkyl halides is 2. The van der Waals surface area contributed by atoms with Crippen LogP contribution in [0.2, 0.25) is 0 Å². The minimum absolute atomic E-state index is 0.0396. The van der Waals surface area contributed by atoms with E-state index < -0.39 is 76.8 Å². The maximum absolute atomic E-state index is 17.6. The van der Waals surface area contributed by atoms with Gasteiger partial charge in [0.15, 0.2) is 29.1 Å². The van der Waals surface area contributed by atoms with Gasteiger partial charge in [-0.2, -0.15) is 0 Å². The van der Waals surface area contributed by atoms with Crippen LogP contribution in [-0.4, -0.2) is 65.1 Å². The summed E-state index contributed by atoms with van der Waals surface area (Å²) in [4.78, 5) is 25.8. The molecule has 10 atom stereocenters. The van der Waals surface area contributed by atoms with Gasteiger partial charge in [-0.25, -0.2) is 8.78 Å². The molecule has 2 aromatic rings. The van der Waals surface area contributed by atoms with E-state index in [9.17, 15) is 19.8 Å². The SMILES string of the molecule is CNc1c#cc(Cc2ccc([C@@H]3O[C@@H]4C[C@H]5[C@@H]6C[C@H](F)C7=CC(=O)C=C[C@]7(C)[C@@]6(F)[C@@H](O)C[C@]5(C)[C@]4(C(=O)CO)O3)cc2)cc1. The highest BCUT2D eigenvalue weighted by atomic mass is 19.1. The molecule has 0 spiro atoms. The van der Waals surface area contributed by atoms with Crippen LogP contribution in [0.1, 0.15) is 56.1 Å². The van der Waals surface area contributed by atoms with E-state index in [2.05, 4.69) is 17.4 Å². The van der Waals surface area contributed by atoms with Gasteiger partial charge in [0.25, 0.3) is 0 Å². The van der Waals surface area contributed by atoms with Crippen molar-refractivity contribution in [2.75, 3.05) is 19.0 Å². The summed E-state index contributed by atoms with van der Waals surface area (Å²) in [6.07, 6.45) is -0.756. The van der Waals surface area contributed by atoms with Crippen molar-refractivity contribution in [1.29, 1.82) is 0 Å². The first-order chi connectivity index (χ1) is 21.4. The van der Waals surface area contributed by atoms with Crippen molar-refractivity contribution < 1.29 is 38.1 Å². The van der Waals surface area contributed by atoms with Crippen molar-refractivity contribution in [2.24, 2.45) is 22.7 Å². The molecule has 9 heteroatoms. The molecule has 2 aromatic carbocycles. The van der Waals surface area contributed by atoms with Crippen molar-refractivity contribution in [3.05, 3.63) is 89.0 Å². The Kier molecular flexibility index (Phi) is 6.92. The van der Waals surface area contributed by atoms with Crippen molar-refractivity contribution in [1.82, 2.24) is 0 Å². The normalized spacial score (nSPS) is 41.3. The van der Waals surface area contributed by atoms with Gasteiger partial charge >= 0.3 is 0 Å². The summed E-state index contributed by atoms with van der Waals surface area (Å²) >= 11 is 0. The third kappa shape index (κ3) is 4.02. The number of nitrogens with one attached hydrogen (secondary N) is 1. The minimum Gasteiger partial charge on any atom is -0.390 e. The number of Topliss-reactive ketones (excluding diaryl/α,β-unsaturated/α-hetero) is 1. The summed E-state index contributed by atoms with van der Waals surface area (Å²) in [5.74, 6) is -2.60. The lowest BCUT2D eigenvalue weighted by Crippen LogP contribution is -2.70. The van der Waals surface area contributed by atoms with E-state index in [0.29, 0.717) is 12.0 Å². The topological polar surface area (TPSA) is 105 Å². The van der Waals surface area contributed by atoms with Crippen LogP contribution in [0, 0.1) is 34.8 Å². The molecule has 7 nitrogen and oxygen atoms in total. The Morgan fingerprint density at radius 2 is 1.87 bits per heavy atom. The number of halogens is 2. The fraction of sp³-hybridized carbons (Fsp3) is 0.500. The fourth-order valence-electron chi connectivity index (χ4n) is 9.39. The molecule has 4 aliphatic carbocycles. The van der Waals surface area contributed by atoms with Crippen molar-refractivity contribution in [2.45, 2.75) is 75.5 Å². The van der Waals surface area contributed by atoms with Gasteiger partial charge in [-0.1, -0.05) is 43.3 Å². The molecule has 3 N–H and O–H groups in total. The zero-order valence-corrected chi connectivity index (χ0v) is 25.5. The van der Waals surface area contributed by atoms with Crippen LogP contribution in [0.15, 0.2) is 60.2 Å². The van der Waals surface area contributed by atoms with Gasteiger partial charge in [-0.05, 0) is 73.6 Å². The zero-order chi connectivity index (χ0) is 31.9. The fourth-order valence-corrected chi connectivity index (χ4v) is 9.39. The molecule has 1 heterocycles. The number of aliphatic hydroxyl groups excluding tert-OH is 2. The number of hydrogen-bond acceptors (Lipinski definition) is 7. The second-order valence-corrected chi connectivity index (χ2v) is 13.7. The van der Waals surface area contributed by atoms with Crippen LogP contribution in [-0.2, 0) is 25.5 Å². The number of carbonyl (C=O) groups excluding carboxylic acids is 2. The number of benzene rings is 1. The third-order valence-corrected chi connectivity index (χ3v) is 11.7. The number of carbonyl (C=O) groups is 2. The van der Waals surface area contributed by atoms with Gasteiger partial charge in [-0.3, -0.25) is 9.59 Å². The second kappa shape index (κ2) is 10.3. The summed E-state index contributed by atoms with van der Waals surface area (Å²) in [5.41, 5.74) is -3.08. The average molecular weight is 618 g/mol. The molecule has 0 amide bonds. The molecule has 0 bridgehead atoms. The standard InChI is InChI=1S/C36H37F2NO6/c1-33-13-12-24(41)15-27(33)28(37)16-26-25-17-31-36(30(43)19-40,34(25,2)18-29(42)35(26,33)38)45-32(44-31)22-8-4-20(5-9-22)14-21-6-10-23(39-3)11-7-21/h4-6,8-10,12-13,15,25-26,28-29,31-32,39-40,42H,14,16-19H2,1-3H3/t25-,26-,28-,29-,31+,32+,33-,34-,35-,36+/m0/s1. The van der Waals surface area contributed by atoms with Crippen molar-refractivity contribution >= 4 is 17.3 Å². The number of ketones is 2. The molecular weight excluding hydrogens is 580 g/mol. The lowest BCUT2D eigenvalue weighted by Gasteiger charge is -2.63. The van der Waals surface area contributed by atoms with Gasteiger partial charge in [-0.15, -0.1) is 0 Å². The highest BCUT2D eigenvalue weighted by molar-refractivity contribution is 6.01. The van der Waals surface area contributed by atoms with Crippen LogP contribution >= 0.6 is 0 Å². The molecule has 1 aliphatic heterocycles. The molecule has 45 heavy (non-hydrogen) atoms. The van der Waals surface area contributed by atoms with Gasteiger partial charge in [0.05, 0.1) is 17.9 Å². The summed E-state index contributed by atoms with van der Waals surface area (Å²) in [7, 11) is 1.82. The summed E-state index contributed by atoms with van der Waals surface area (Å²) in [6, 6.07) is 17.7. The highest BCUT2D eigenvalue weighted by Crippen LogP contribution is 2.72. The molecule has 3 saturated carbocycles. The van der Waals surface area contributed by atoms with Gasteiger partial charge in [0.1, 0.15) is 12.8 Å². The maximum atomic E-state index is 17.6. The largest absolute Gasteiger partial charge is 0.390 e. The van der Waals surface area contributed by atoms with Crippen LogP contribution in [0.4, 0.5) is 14.5 Å². The lowest BCUT2D eigenvalue weighted by atomic mass is 9.44. The summed E-state index contributed by atoms with van der Waals surface area (Å²) in [5, 5.41) is 24.9. The molecule has 0 aromatic heterocycles. The number of rotatable bonds is 6. The highest BCUT2D eigenvalue weighted by Gasteiger charge is 2.80. The predicted molar refractivity (Wildman–Crippen MR) is 160 cm³/mol. The van der Waals surface area contributed by atoms with Crippen LogP contribution < -0.4 is 5.32 Å². The Bertz CT molecular complexity index is 1590. The minimum atomic E-state index is -2.29. The van der Waals surface area contributed by atoms with E-state index in [0.717, 1.165) is 22.9 Å². The van der Waals surface area contributed by atoms with Gasteiger partial charge in [0, 0.05) is 41.3 Å². The van der Waals surface area contributed by atoms with Crippen LogP contribution in [0.25, 0.3) is 0 Å². The molecule has 7 rings (SSSR count). The van der Waals surface area contributed by atoms with Crippen molar-refractivity contribution in [3.63, 3.8) is 0 Å². The number of aliphatic hydroxyl groups is 2. The Morgan fingerprint density at radius 3 is 2.53 bits per heavy atom. The quantitative estimate of drug-likeness (QED) is 0.437. The molecule has 1 saturated heterocycles. The molecule has 4 fully saturated rings. The van der Waals surface area contributed by atoms with E-state index in [1.54, 1.807) is 6.92 Å². The number of anilines is 1. The number of fused-ring (bicyclic) bond motifs is 7. The first-order valence-electron chi connectivity index (χ1n) is 15.5. The van der Waals surface area contributed by atoms with E-state index in [1.807, 2.05) is 43.4 Å².